The van der Waals surface area contributed by atoms with Crippen LogP contribution in [-0.2, 0) is 22.7 Å². The number of methoxy groups -OCH3 is 1. The summed E-state index contributed by atoms with van der Waals surface area (Å²) in [5.74, 6) is -0.592. The summed E-state index contributed by atoms with van der Waals surface area (Å²) in [5, 5.41) is 5.16. The van der Waals surface area contributed by atoms with Crippen LogP contribution in [0.15, 0.2) is 54.6 Å². The molecule has 0 aliphatic carbocycles. The van der Waals surface area contributed by atoms with Crippen molar-refractivity contribution in [2.45, 2.75) is 13.1 Å². The molecular weight excluding hydrogens is 280 g/mol. The molecule has 0 radical (unpaired) electrons. The van der Waals surface area contributed by atoms with Crippen LogP contribution in [0.25, 0.3) is 0 Å². The van der Waals surface area contributed by atoms with Gasteiger partial charge in [-0.3, -0.25) is 9.59 Å². The van der Waals surface area contributed by atoms with E-state index in [1.807, 2.05) is 54.6 Å². The van der Waals surface area contributed by atoms with Gasteiger partial charge < -0.3 is 15.4 Å². The molecule has 2 N–H and O–H groups in total. The molecule has 2 aromatic carbocycles. The number of ether oxygens (including phenoxy) is 1. The van der Waals surface area contributed by atoms with Crippen LogP contribution in [-0.4, -0.2) is 18.9 Å². The van der Waals surface area contributed by atoms with E-state index in [0.29, 0.717) is 12.3 Å². The van der Waals surface area contributed by atoms with Gasteiger partial charge in [0.2, 0.25) is 0 Å². The second-order valence-corrected chi connectivity index (χ2v) is 4.70. The van der Waals surface area contributed by atoms with Crippen LogP contribution in [0.4, 0.5) is 0 Å². The number of hydrogen-bond donors (Lipinski definition) is 2. The lowest BCUT2D eigenvalue weighted by atomic mass is 10.2. The largest absolute Gasteiger partial charge is 0.497 e. The Bertz CT molecular complexity index is 641. The maximum absolute atomic E-state index is 11.7. The zero-order chi connectivity index (χ0) is 15.8. The summed E-state index contributed by atoms with van der Waals surface area (Å²) in [6, 6.07) is 16.7. The van der Waals surface area contributed by atoms with Crippen LogP contribution < -0.4 is 15.4 Å². The summed E-state index contributed by atoms with van der Waals surface area (Å²) in [4.78, 5) is 23.5. The van der Waals surface area contributed by atoms with Crippen molar-refractivity contribution in [3.8, 4) is 5.75 Å². The molecule has 5 heteroatoms. The number of hydrogen-bond acceptors (Lipinski definition) is 3. The zero-order valence-corrected chi connectivity index (χ0v) is 12.3. The van der Waals surface area contributed by atoms with Gasteiger partial charge in [0.25, 0.3) is 0 Å². The van der Waals surface area contributed by atoms with Crippen LogP contribution in [0.3, 0.4) is 0 Å². The fraction of sp³-hybridized carbons (Fsp3) is 0.176. The normalized spacial score (nSPS) is 9.86. The number of amides is 2. The molecule has 0 aromatic heterocycles. The third kappa shape index (κ3) is 4.63. The van der Waals surface area contributed by atoms with E-state index in [-0.39, 0.29) is 6.54 Å². The third-order valence-corrected chi connectivity index (χ3v) is 3.09. The van der Waals surface area contributed by atoms with E-state index in [1.54, 1.807) is 7.11 Å². The molecule has 0 saturated carbocycles. The maximum Gasteiger partial charge on any atom is 0.309 e. The second-order valence-electron chi connectivity index (χ2n) is 4.70. The Morgan fingerprint density at radius 2 is 1.45 bits per heavy atom. The molecule has 22 heavy (non-hydrogen) atoms. The second kappa shape index (κ2) is 7.83. The van der Waals surface area contributed by atoms with Gasteiger partial charge in [0.05, 0.1) is 7.11 Å². The quantitative estimate of drug-likeness (QED) is 0.824. The van der Waals surface area contributed by atoms with Gasteiger partial charge in [-0.25, -0.2) is 0 Å². The molecule has 2 amide bonds. The first-order chi connectivity index (χ1) is 10.7. The maximum atomic E-state index is 11.7. The van der Waals surface area contributed by atoms with Crippen molar-refractivity contribution in [1.82, 2.24) is 10.6 Å². The number of benzene rings is 2. The fourth-order valence-corrected chi connectivity index (χ4v) is 1.90. The minimum absolute atomic E-state index is 0.273. The monoisotopic (exact) mass is 298 g/mol. The van der Waals surface area contributed by atoms with E-state index < -0.39 is 11.8 Å². The van der Waals surface area contributed by atoms with Crippen molar-refractivity contribution in [1.29, 1.82) is 0 Å². The Labute approximate surface area is 129 Å². The summed E-state index contributed by atoms with van der Waals surface area (Å²) in [6.45, 7) is 0.598. The minimum Gasteiger partial charge on any atom is -0.497 e. The third-order valence-electron chi connectivity index (χ3n) is 3.09. The average Bonchev–Trinajstić information content (AvgIpc) is 2.58. The number of nitrogens with one attached hydrogen (secondary N) is 2. The average molecular weight is 298 g/mol. The predicted molar refractivity (Wildman–Crippen MR) is 83.1 cm³/mol. The molecule has 5 nitrogen and oxygen atoms in total. The highest BCUT2D eigenvalue weighted by Crippen LogP contribution is 2.11. The van der Waals surface area contributed by atoms with Crippen molar-refractivity contribution in [2.75, 3.05) is 7.11 Å². The van der Waals surface area contributed by atoms with E-state index in [1.165, 1.54) is 0 Å². The molecule has 114 valence electrons. The van der Waals surface area contributed by atoms with Crippen LogP contribution in [0.1, 0.15) is 11.1 Å². The Kier molecular flexibility index (Phi) is 5.54. The lowest BCUT2D eigenvalue weighted by Crippen LogP contribution is -2.39. The molecule has 0 heterocycles. The molecule has 0 unspecified atom stereocenters. The summed E-state index contributed by atoms with van der Waals surface area (Å²) in [6.07, 6.45) is 0. The van der Waals surface area contributed by atoms with E-state index in [4.69, 9.17) is 4.74 Å². The Balaban J connectivity index is 1.80. The van der Waals surface area contributed by atoms with Crippen molar-refractivity contribution >= 4 is 11.8 Å². The van der Waals surface area contributed by atoms with E-state index >= 15 is 0 Å². The molecule has 0 aliphatic heterocycles. The fourth-order valence-electron chi connectivity index (χ4n) is 1.90. The number of rotatable bonds is 5. The van der Waals surface area contributed by atoms with Gasteiger partial charge >= 0.3 is 11.8 Å². The number of carbonyl (C=O) groups excluding carboxylic acids is 2. The topological polar surface area (TPSA) is 67.4 Å². The van der Waals surface area contributed by atoms with Gasteiger partial charge in [-0.05, 0) is 23.3 Å². The Morgan fingerprint density at radius 3 is 2.09 bits per heavy atom. The first-order valence-electron chi connectivity index (χ1n) is 6.92. The lowest BCUT2D eigenvalue weighted by molar-refractivity contribution is -0.139. The molecule has 0 atom stereocenters. The van der Waals surface area contributed by atoms with Gasteiger partial charge in [-0.2, -0.15) is 0 Å². The smallest absolute Gasteiger partial charge is 0.309 e. The van der Waals surface area contributed by atoms with E-state index in [0.717, 1.165) is 11.1 Å². The standard InChI is InChI=1S/C17H18N2O3/c1-22-15-9-5-8-14(10-15)12-19-17(21)16(20)18-11-13-6-3-2-4-7-13/h2-10H,11-12H2,1H3,(H,18,20)(H,19,21). The Hall–Kier alpha value is -2.82. The minimum atomic E-state index is -0.654. The molecule has 0 saturated heterocycles. The van der Waals surface area contributed by atoms with Crippen molar-refractivity contribution in [3.05, 3.63) is 65.7 Å². The molecule has 2 aromatic rings. The summed E-state index contributed by atoms with van der Waals surface area (Å²) >= 11 is 0. The van der Waals surface area contributed by atoms with Crippen molar-refractivity contribution in [2.24, 2.45) is 0 Å². The van der Waals surface area contributed by atoms with Gasteiger partial charge in [0, 0.05) is 13.1 Å². The first-order valence-corrected chi connectivity index (χ1v) is 6.92. The highest BCUT2D eigenvalue weighted by Gasteiger charge is 2.12. The SMILES string of the molecule is COc1cccc(CNC(=O)C(=O)NCc2ccccc2)c1. The van der Waals surface area contributed by atoms with Crippen molar-refractivity contribution in [3.63, 3.8) is 0 Å². The zero-order valence-electron chi connectivity index (χ0n) is 12.3. The molecule has 0 spiro atoms. The van der Waals surface area contributed by atoms with E-state index in [9.17, 15) is 9.59 Å². The van der Waals surface area contributed by atoms with Gasteiger partial charge in [0.15, 0.2) is 0 Å². The van der Waals surface area contributed by atoms with Gasteiger partial charge in [0.1, 0.15) is 5.75 Å². The lowest BCUT2D eigenvalue weighted by Gasteiger charge is -2.07. The van der Waals surface area contributed by atoms with Crippen LogP contribution >= 0.6 is 0 Å². The van der Waals surface area contributed by atoms with Crippen LogP contribution in [0.2, 0.25) is 0 Å². The van der Waals surface area contributed by atoms with Crippen LogP contribution in [0.5, 0.6) is 5.75 Å². The first kappa shape index (κ1) is 15.6. The van der Waals surface area contributed by atoms with Crippen LogP contribution in [0, 0.1) is 0 Å². The summed E-state index contributed by atoms with van der Waals surface area (Å²) in [7, 11) is 1.58. The summed E-state index contributed by atoms with van der Waals surface area (Å²) < 4.78 is 5.10. The Morgan fingerprint density at radius 1 is 0.864 bits per heavy atom. The highest BCUT2D eigenvalue weighted by atomic mass is 16.5. The summed E-state index contributed by atoms with van der Waals surface area (Å²) in [5.41, 5.74) is 1.81. The van der Waals surface area contributed by atoms with Gasteiger partial charge in [-0.1, -0.05) is 42.5 Å². The predicted octanol–water partition coefficient (Wildman–Crippen LogP) is 1.63. The van der Waals surface area contributed by atoms with E-state index in [2.05, 4.69) is 10.6 Å². The van der Waals surface area contributed by atoms with Gasteiger partial charge in [-0.15, -0.1) is 0 Å². The molecular formula is C17H18N2O3. The molecule has 0 aliphatic rings. The number of carbonyl (C=O) groups is 2. The van der Waals surface area contributed by atoms with Crippen molar-refractivity contribution < 1.29 is 14.3 Å². The molecule has 2 rings (SSSR count). The molecule has 0 fully saturated rings. The molecule has 0 bridgehead atoms. The highest BCUT2D eigenvalue weighted by molar-refractivity contribution is 6.35.